The van der Waals surface area contributed by atoms with Gasteiger partial charge in [0.05, 0.1) is 84.2 Å². The molecule has 50 heavy (non-hydrogen) atoms. The van der Waals surface area contributed by atoms with Crippen LogP contribution in [0.25, 0.3) is 0 Å². The molecule has 20 heteroatoms. The number of nitrogens with zero attached hydrogens (tertiary/aromatic N) is 2. The molecule has 2 aromatic rings. The summed E-state index contributed by atoms with van der Waals surface area (Å²) in [6.07, 6.45) is -1.36. The molecule has 0 aromatic heterocycles. The Labute approximate surface area is 282 Å². The van der Waals surface area contributed by atoms with E-state index in [1.165, 1.54) is 0 Å². The highest BCUT2D eigenvalue weighted by molar-refractivity contribution is 5.89. The number of carboxylic acid groups (broad SMARTS) is 2. The highest BCUT2D eigenvalue weighted by atomic mass is 16.6. The second kappa shape index (κ2) is 21.1. The van der Waals surface area contributed by atoms with E-state index in [1.807, 2.05) is 0 Å². The summed E-state index contributed by atoms with van der Waals surface area (Å²) in [5.74, 6) is -5.79. The minimum Gasteiger partial charge on any atom is -0.478 e. The van der Waals surface area contributed by atoms with Crippen LogP contribution in [0.5, 0.6) is 0 Å². The number of hydrogen-bond acceptors (Lipinski definition) is 16. The molecule has 0 spiro atoms. The summed E-state index contributed by atoms with van der Waals surface area (Å²) < 4.78 is 30.2. The van der Waals surface area contributed by atoms with Gasteiger partial charge in [-0.2, -0.15) is 0 Å². The molecule has 0 atom stereocenters. The number of ether oxygens (including phenoxy) is 6. The van der Waals surface area contributed by atoms with Gasteiger partial charge in [0.2, 0.25) is 0 Å². The Bertz CT molecular complexity index is 1460. The molecule has 0 aliphatic heterocycles. The van der Waals surface area contributed by atoms with Gasteiger partial charge < -0.3 is 38.6 Å². The van der Waals surface area contributed by atoms with Gasteiger partial charge >= 0.3 is 35.8 Å². The van der Waals surface area contributed by atoms with Crippen LogP contribution in [0.3, 0.4) is 0 Å². The molecule has 0 radical (unpaired) electrons. The summed E-state index contributed by atoms with van der Waals surface area (Å²) in [5, 5.41) is 40.2. The van der Waals surface area contributed by atoms with Crippen molar-refractivity contribution in [2.24, 2.45) is 0 Å². The Kier molecular flexibility index (Phi) is 16.9. The average Bonchev–Trinajstić information content (AvgIpc) is 3.08. The van der Waals surface area contributed by atoms with Gasteiger partial charge in [0.1, 0.15) is 26.4 Å². The van der Waals surface area contributed by atoms with Crippen molar-refractivity contribution < 1.29 is 77.2 Å². The third kappa shape index (κ3) is 14.8. The van der Waals surface area contributed by atoms with Crippen LogP contribution in [0, 0.1) is 20.2 Å². The Morgan fingerprint density at radius 1 is 0.520 bits per heavy atom. The third-order valence-electron chi connectivity index (χ3n) is 6.26. The summed E-state index contributed by atoms with van der Waals surface area (Å²) in [4.78, 5) is 90.1. The maximum absolute atomic E-state index is 11.9. The molecule has 2 N–H and O–H groups in total. The van der Waals surface area contributed by atoms with Crippen LogP contribution in [-0.4, -0.2) is 95.5 Å². The number of aromatic carboxylic acids is 2. The normalized spacial score (nSPS) is 10.5. The van der Waals surface area contributed by atoms with Crippen molar-refractivity contribution in [3.8, 4) is 0 Å². The van der Waals surface area contributed by atoms with Crippen LogP contribution in [0.15, 0.2) is 36.4 Å². The lowest BCUT2D eigenvalue weighted by atomic mass is 10.1. The van der Waals surface area contributed by atoms with Crippen molar-refractivity contribution in [1.29, 1.82) is 0 Å². The average molecular weight is 709 g/mol. The summed E-state index contributed by atoms with van der Waals surface area (Å²) in [6, 6.07) is 6.28. The van der Waals surface area contributed by atoms with Gasteiger partial charge in [-0.05, 0) is 24.3 Å². The van der Waals surface area contributed by atoms with Crippen LogP contribution >= 0.6 is 0 Å². The number of nitro groups is 2. The molecule has 270 valence electrons. The smallest absolute Gasteiger partial charge is 0.335 e. The van der Waals surface area contributed by atoms with E-state index in [4.69, 9.17) is 38.6 Å². The molecule has 0 saturated heterocycles. The van der Waals surface area contributed by atoms with Crippen LogP contribution in [0.4, 0.5) is 11.4 Å². The maximum atomic E-state index is 11.9. The monoisotopic (exact) mass is 708 g/mol. The molecule has 0 amide bonds. The number of hydrogen-bond donors (Lipinski definition) is 2. The molecule has 20 nitrogen and oxygen atoms in total. The first-order valence-corrected chi connectivity index (χ1v) is 14.6. The van der Waals surface area contributed by atoms with Crippen molar-refractivity contribution in [2.75, 3.05) is 39.6 Å². The molecular formula is C30H32N2O18. The molecule has 2 rings (SSSR count). The highest BCUT2D eigenvalue weighted by Crippen LogP contribution is 2.23. The van der Waals surface area contributed by atoms with E-state index in [9.17, 15) is 49.0 Å². The number of rotatable bonds is 23. The van der Waals surface area contributed by atoms with Gasteiger partial charge in [0.25, 0.3) is 11.4 Å². The van der Waals surface area contributed by atoms with Gasteiger partial charge in [-0.25, -0.2) is 9.59 Å². The summed E-state index contributed by atoms with van der Waals surface area (Å²) in [6.45, 7) is -0.974. The van der Waals surface area contributed by atoms with Crippen LogP contribution < -0.4 is 0 Å². The number of benzene rings is 2. The number of nitro benzene ring substituents is 2. The minimum atomic E-state index is -1.35. The molecule has 0 aliphatic carbocycles. The second-order valence-electron chi connectivity index (χ2n) is 9.80. The summed E-state index contributed by atoms with van der Waals surface area (Å²) in [5.41, 5.74) is -1.69. The Hall–Kier alpha value is -6.02. The van der Waals surface area contributed by atoms with Crippen LogP contribution in [-0.2, 0) is 60.8 Å². The summed E-state index contributed by atoms with van der Waals surface area (Å²) >= 11 is 0. The van der Waals surface area contributed by atoms with Gasteiger partial charge in [0.15, 0.2) is 0 Å². The Morgan fingerprint density at radius 2 is 0.840 bits per heavy atom. The van der Waals surface area contributed by atoms with E-state index < -0.39 is 70.3 Å². The molecule has 0 saturated carbocycles. The zero-order chi connectivity index (χ0) is 37.1. The van der Waals surface area contributed by atoms with Crippen LogP contribution in [0.1, 0.15) is 57.5 Å². The van der Waals surface area contributed by atoms with Gasteiger partial charge in [-0.15, -0.1) is 0 Å². The molecule has 0 aliphatic rings. The summed E-state index contributed by atoms with van der Waals surface area (Å²) in [7, 11) is 0. The fourth-order valence-corrected chi connectivity index (χ4v) is 3.74. The fourth-order valence-electron chi connectivity index (χ4n) is 3.74. The first-order chi connectivity index (χ1) is 23.8. The third-order valence-corrected chi connectivity index (χ3v) is 6.26. The lowest BCUT2D eigenvalue weighted by Crippen LogP contribution is -2.16. The highest BCUT2D eigenvalue weighted by Gasteiger charge is 2.20. The van der Waals surface area contributed by atoms with E-state index in [0.29, 0.717) is 0 Å². The largest absolute Gasteiger partial charge is 0.478 e. The lowest BCUT2D eigenvalue weighted by Gasteiger charge is -2.08. The molecule has 0 fully saturated rings. The van der Waals surface area contributed by atoms with E-state index >= 15 is 0 Å². The van der Waals surface area contributed by atoms with Gasteiger partial charge in [-0.1, -0.05) is 0 Å². The lowest BCUT2D eigenvalue weighted by molar-refractivity contribution is -0.386. The van der Waals surface area contributed by atoms with Crippen molar-refractivity contribution in [2.45, 2.75) is 38.9 Å². The predicted octanol–water partition coefficient (Wildman–Crippen LogP) is 2.37. The Morgan fingerprint density at radius 3 is 1.16 bits per heavy atom. The second-order valence-corrected chi connectivity index (χ2v) is 9.80. The molecular weight excluding hydrogens is 676 g/mol. The zero-order valence-electron chi connectivity index (χ0n) is 26.3. The van der Waals surface area contributed by atoms with E-state index in [1.54, 1.807) is 0 Å². The number of esters is 4. The minimum absolute atomic E-state index is 0.0155. The number of carboxylic acids is 2. The fraction of sp³-hybridized carbons (Fsp3) is 0.400. The number of carbonyl (C=O) groups excluding carboxylic acids is 4. The van der Waals surface area contributed by atoms with E-state index in [2.05, 4.69) is 0 Å². The quantitative estimate of drug-likeness (QED) is 0.0550. The first kappa shape index (κ1) is 40.2. The molecule has 2 aromatic carbocycles. The zero-order valence-corrected chi connectivity index (χ0v) is 26.3. The molecule has 0 bridgehead atoms. The predicted molar refractivity (Wildman–Crippen MR) is 162 cm³/mol. The van der Waals surface area contributed by atoms with Crippen molar-refractivity contribution >= 4 is 47.2 Å². The van der Waals surface area contributed by atoms with E-state index in [0.717, 1.165) is 36.4 Å². The topological polar surface area (TPSA) is 285 Å². The van der Waals surface area contributed by atoms with Crippen LogP contribution in [0.2, 0.25) is 0 Å². The van der Waals surface area contributed by atoms with Crippen molar-refractivity contribution in [3.63, 3.8) is 0 Å². The number of carbonyl (C=O) groups is 6. The Balaban J connectivity index is 1.48. The molecule has 0 heterocycles. The van der Waals surface area contributed by atoms with Gasteiger partial charge in [-0.3, -0.25) is 39.4 Å². The van der Waals surface area contributed by atoms with Crippen molar-refractivity contribution in [3.05, 3.63) is 78.9 Å². The molecule has 0 unspecified atom stereocenters. The maximum Gasteiger partial charge on any atom is 0.335 e. The first-order valence-electron chi connectivity index (χ1n) is 14.6. The van der Waals surface area contributed by atoms with Gasteiger partial charge in [0, 0.05) is 12.1 Å². The van der Waals surface area contributed by atoms with E-state index in [-0.39, 0.29) is 87.6 Å². The SMILES string of the molecule is O=C(CCC(=O)OCc1ccc(C(=O)O)cc1[N+](=O)[O-])OCCOCCOCCOC(=O)CCC(=O)OCc1ccc(C(=O)O)cc1[N+](=O)[O-]. The van der Waals surface area contributed by atoms with Crippen molar-refractivity contribution in [1.82, 2.24) is 0 Å². The standard InChI is InChI=1S/C30H32N2O18/c33-25(5-7-27(35)49-17-21-3-1-19(29(37)38)15-23(21)31(41)42)47-13-11-45-9-10-46-12-14-48-26(34)6-8-28(36)50-18-22-4-2-20(30(39)40)16-24(22)32(43)44/h1-4,15-16H,5-14,17-18H2,(H,37,38)(H,39,40).